The van der Waals surface area contributed by atoms with E-state index in [4.69, 9.17) is 16.3 Å². The van der Waals surface area contributed by atoms with E-state index in [1.165, 1.54) is 0 Å². The quantitative estimate of drug-likeness (QED) is 0.808. The molecule has 24 heavy (non-hydrogen) atoms. The highest BCUT2D eigenvalue weighted by atomic mass is 35.5. The maximum absolute atomic E-state index is 12.7. The Kier molecular flexibility index (Phi) is 4.60. The molecule has 3 rings (SSSR count). The lowest BCUT2D eigenvalue weighted by molar-refractivity contribution is -0.134. The minimum absolute atomic E-state index is 0.101. The lowest BCUT2D eigenvalue weighted by atomic mass is 9.81. The summed E-state index contributed by atoms with van der Waals surface area (Å²) in [6, 6.07) is 1.87. The van der Waals surface area contributed by atoms with E-state index in [1.807, 2.05) is 31.7 Å². The van der Waals surface area contributed by atoms with Gasteiger partial charge in [0.15, 0.2) is 5.78 Å². The number of aryl methyl sites for hydroxylation is 1. The summed E-state index contributed by atoms with van der Waals surface area (Å²) in [6.45, 7) is 7.13. The summed E-state index contributed by atoms with van der Waals surface area (Å²) < 4.78 is 6.32. The van der Waals surface area contributed by atoms with Gasteiger partial charge in [-0.25, -0.2) is 0 Å². The normalized spacial score (nSPS) is 19.2. The van der Waals surface area contributed by atoms with Crippen molar-refractivity contribution >= 4 is 23.3 Å². The first-order chi connectivity index (χ1) is 11.4. The Morgan fingerprint density at radius 3 is 2.62 bits per heavy atom. The van der Waals surface area contributed by atoms with Crippen molar-refractivity contribution in [1.82, 2.24) is 4.90 Å². The Hall–Kier alpha value is -1.55. The molecule has 4 nitrogen and oxygen atoms in total. The molecule has 0 radical (unpaired) electrons. The number of benzene rings is 1. The van der Waals surface area contributed by atoms with Gasteiger partial charge in [-0.15, -0.1) is 0 Å². The molecule has 0 unspecified atom stereocenters. The van der Waals surface area contributed by atoms with E-state index in [0.29, 0.717) is 55.1 Å². The number of carbonyl (C=O) groups excluding carboxylic acids is 2. The summed E-state index contributed by atoms with van der Waals surface area (Å²) in [4.78, 5) is 26.7. The molecular formula is C19H24ClNO3. The maximum atomic E-state index is 12.7. The van der Waals surface area contributed by atoms with Crippen LogP contribution < -0.4 is 4.74 Å². The number of carbonyl (C=O) groups is 2. The molecule has 0 bridgehead atoms. The van der Waals surface area contributed by atoms with Crippen LogP contribution >= 0.6 is 11.6 Å². The number of likely N-dealkylation sites (tertiary alicyclic amines) is 1. The smallest absolute Gasteiger partial charge is 0.222 e. The second kappa shape index (κ2) is 6.40. The van der Waals surface area contributed by atoms with Gasteiger partial charge in [0.05, 0.1) is 12.0 Å². The fourth-order valence-corrected chi connectivity index (χ4v) is 3.96. The molecule has 1 spiro atoms. The number of ketones is 1. The van der Waals surface area contributed by atoms with Gasteiger partial charge in [-0.1, -0.05) is 18.5 Å². The van der Waals surface area contributed by atoms with Crippen molar-refractivity contribution < 1.29 is 14.3 Å². The number of fused-ring (bicyclic) bond motifs is 1. The van der Waals surface area contributed by atoms with Crippen molar-refractivity contribution in [2.45, 2.75) is 58.5 Å². The minimum Gasteiger partial charge on any atom is -0.486 e. The summed E-state index contributed by atoms with van der Waals surface area (Å²) in [5, 5.41) is 0.640. The van der Waals surface area contributed by atoms with Crippen LogP contribution in [0.15, 0.2) is 6.07 Å². The number of nitrogens with zero attached hydrogens (tertiary/aromatic N) is 1. The van der Waals surface area contributed by atoms with Crippen molar-refractivity contribution in [1.29, 1.82) is 0 Å². The van der Waals surface area contributed by atoms with Crippen LogP contribution in [-0.2, 0) is 4.79 Å². The molecule has 1 amide bonds. The van der Waals surface area contributed by atoms with Crippen molar-refractivity contribution in [2.24, 2.45) is 0 Å². The summed E-state index contributed by atoms with van der Waals surface area (Å²) >= 11 is 6.29. The summed E-state index contributed by atoms with van der Waals surface area (Å²) in [5.74, 6) is 0.955. The molecule has 2 aliphatic rings. The zero-order valence-corrected chi connectivity index (χ0v) is 15.3. The second-order valence-electron chi connectivity index (χ2n) is 7.02. The van der Waals surface area contributed by atoms with Crippen LogP contribution in [0.2, 0.25) is 5.02 Å². The van der Waals surface area contributed by atoms with E-state index in [2.05, 4.69) is 0 Å². The molecule has 5 heteroatoms. The zero-order valence-electron chi connectivity index (χ0n) is 14.6. The van der Waals surface area contributed by atoms with Crippen molar-refractivity contribution in [3.63, 3.8) is 0 Å². The number of hydrogen-bond acceptors (Lipinski definition) is 3. The Morgan fingerprint density at radius 1 is 1.33 bits per heavy atom. The molecular weight excluding hydrogens is 326 g/mol. The van der Waals surface area contributed by atoms with Gasteiger partial charge in [0, 0.05) is 37.4 Å². The number of Topliss-reactive ketones (excluding diaryl/α,β-unsaturated/α-hetero) is 1. The summed E-state index contributed by atoms with van der Waals surface area (Å²) in [7, 11) is 0. The van der Waals surface area contributed by atoms with Gasteiger partial charge in [0.1, 0.15) is 11.4 Å². The highest BCUT2D eigenvalue weighted by Gasteiger charge is 2.44. The molecule has 1 aromatic rings. The van der Waals surface area contributed by atoms with E-state index in [1.54, 1.807) is 0 Å². The van der Waals surface area contributed by atoms with Gasteiger partial charge in [0.25, 0.3) is 0 Å². The van der Waals surface area contributed by atoms with Crippen LogP contribution in [-0.4, -0.2) is 35.3 Å². The third-order valence-corrected chi connectivity index (χ3v) is 5.81. The lowest BCUT2D eigenvalue weighted by Gasteiger charge is -2.44. The monoisotopic (exact) mass is 349 g/mol. The maximum Gasteiger partial charge on any atom is 0.222 e. The number of rotatable bonds is 2. The Morgan fingerprint density at radius 2 is 2.00 bits per heavy atom. The molecule has 2 aliphatic heterocycles. The molecule has 1 fully saturated rings. The van der Waals surface area contributed by atoms with Gasteiger partial charge in [0.2, 0.25) is 5.91 Å². The number of amides is 1. The van der Waals surface area contributed by atoms with Gasteiger partial charge in [-0.05, 0) is 37.5 Å². The highest BCUT2D eigenvalue weighted by molar-refractivity contribution is 6.32. The Balaban J connectivity index is 1.82. The van der Waals surface area contributed by atoms with E-state index in [9.17, 15) is 9.59 Å². The van der Waals surface area contributed by atoms with Gasteiger partial charge in [-0.2, -0.15) is 0 Å². The third kappa shape index (κ3) is 2.92. The molecule has 130 valence electrons. The lowest BCUT2D eigenvalue weighted by Crippen LogP contribution is -2.52. The topological polar surface area (TPSA) is 46.6 Å². The molecule has 1 saturated heterocycles. The molecule has 0 atom stereocenters. The van der Waals surface area contributed by atoms with Crippen LogP contribution in [0.3, 0.4) is 0 Å². The predicted molar refractivity (Wildman–Crippen MR) is 94.0 cm³/mol. The first-order valence-corrected chi connectivity index (χ1v) is 9.04. The molecule has 2 heterocycles. The fraction of sp³-hybridized carbons (Fsp3) is 0.579. The Bertz CT molecular complexity index is 690. The molecule has 0 aliphatic carbocycles. The van der Waals surface area contributed by atoms with Crippen molar-refractivity contribution in [3.8, 4) is 5.75 Å². The summed E-state index contributed by atoms with van der Waals surface area (Å²) in [6.07, 6.45) is 3.23. The van der Waals surface area contributed by atoms with Crippen molar-refractivity contribution in [3.05, 3.63) is 27.8 Å². The van der Waals surface area contributed by atoms with Crippen LogP contribution in [0.4, 0.5) is 0 Å². The third-order valence-electron chi connectivity index (χ3n) is 5.22. The van der Waals surface area contributed by atoms with Gasteiger partial charge >= 0.3 is 0 Å². The SMILES string of the molecule is CCCC(=O)N1CCC2(CC1)CC(=O)c1c(cc(C)c(Cl)c1C)O2. The molecule has 1 aromatic carbocycles. The molecule has 0 saturated carbocycles. The number of halogens is 1. The van der Waals surface area contributed by atoms with E-state index in [-0.39, 0.29) is 11.7 Å². The van der Waals surface area contributed by atoms with Crippen LogP contribution in [0, 0.1) is 13.8 Å². The highest BCUT2D eigenvalue weighted by Crippen LogP contribution is 2.43. The van der Waals surface area contributed by atoms with Gasteiger partial charge < -0.3 is 9.64 Å². The summed E-state index contributed by atoms with van der Waals surface area (Å²) in [5.41, 5.74) is 1.89. The standard InChI is InChI=1S/C19H24ClNO3/c1-4-5-16(23)21-8-6-19(7-9-21)11-14(22)17-13(3)18(20)12(2)10-15(17)24-19/h10H,4-9,11H2,1-3H3. The average molecular weight is 350 g/mol. The van der Waals surface area contributed by atoms with Crippen LogP contribution in [0.1, 0.15) is 60.5 Å². The molecule has 0 N–H and O–H groups in total. The van der Waals surface area contributed by atoms with Crippen LogP contribution in [0.5, 0.6) is 5.75 Å². The average Bonchev–Trinajstić information content (AvgIpc) is 2.53. The fourth-order valence-electron chi connectivity index (χ4n) is 3.81. The predicted octanol–water partition coefficient (Wildman–Crippen LogP) is 4.08. The van der Waals surface area contributed by atoms with Gasteiger partial charge in [-0.3, -0.25) is 9.59 Å². The number of hydrogen-bond donors (Lipinski definition) is 0. The molecule has 0 aromatic heterocycles. The van der Waals surface area contributed by atoms with Crippen molar-refractivity contribution in [2.75, 3.05) is 13.1 Å². The first-order valence-electron chi connectivity index (χ1n) is 8.66. The van der Waals surface area contributed by atoms with E-state index >= 15 is 0 Å². The second-order valence-corrected chi connectivity index (χ2v) is 7.40. The first kappa shape index (κ1) is 17.3. The number of piperidine rings is 1. The van der Waals surface area contributed by atoms with E-state index < -0.39 is 5.60 Å². The van der Waals surface area contributed by atoms with Crippen LogP contribution in [0.25, 0.3) is 0 Å². The largest absolute Gasteiger partial charge is 0.486 e. The Labute approximate surface area is 148 Å². The zero-order chi connectivity index (χ0) is 17.5. The van der Waals surface area contributed by atoms with E-state index in [0.717, 1.165) is 17.5 Å². The minimum atomic E-state index is -0.472. The number of ether oxygens (including phenoxy) is 1.